The maximum atomic E-state index is 12.7. The van der Waals surface area contributed by atoms with Crippen molar-refractivity contribution in [2.45, 2.75) is 52.0 Å². The summed E-state index contributed by atoms with van der Waals surface area (Å²) < 4.78 is 1.43. The quantitative estimate of drug-likeness (QED) is 0.906. The monoisotopic (exact) mass is 365 g/mol. The molecule has 0 spiro atoms. The van der Waals surface area contributed by atoms with Crippen molar-refractivity contribution < 1.29 is 4.79 Å². The van der Waals surface area contributed by atoms with E-state index in [0.717, 1.165) is 29.9 Å². The van der Waals surface area contributed by atoms with E-state index in [1.807, 2.05) is 19.1 Å². The van der Waals surface area contributed by atoms with Crippen molar-refractivity contribution in [3.63, 3.8) is 0 Å². The Morgan fingerprint density at radius 2 is 1.85 bits per heavy atom. The van der Waals surface area contributed by atoms with Gasteiger partial charge in [0.25, 0.3) is 5.56 Å². The minimum atomic E-state index is -0.145. The normalized spacial score (nSPS) is 31.4. The average molecular weight is 365 g/mol. The van der Waals surface area contributed by atoms with Crippen LogP contribution in [0.2, 0.25) is 0 Å². The van der Waals surface area contributed by atoms with Crippen LogP contribution in [0.15, 0.2) is 29.3 Å². The Morgan fingerprint density at radius 3 is 2.52 bits per heavy atom. The first kappa shape index (κ1) is 17.0. The molecule has 1 aromatic carbocycles. The van der Waals surface area contributed by atoms with E-state index in [0.29, 0.717) is 16.3 Å². The summed E-state index contributed by atoms with van der Waals surface area (Å²) in [4.78, 5) is 29.6. The van der Waals surface area contributed by atoms with Crippen molar-refractivity contribution in [2.75, 3.05) is 6.54 Å². The summed E-state index contributed by atoms with van der Waals surface area (Å²) in [6.07, 6.45) is 9.55. The number of nitrogens with one attached hydrogen (secondary N) is 1. The third kappa shape index (κ3) is 2.97. The molecule has 1 N–H and O–H groups in total. The van der Waals surface area contributed by atoms with E-state index >= 15 is 0 Å². The first-order valence-electron chi connectivity index (χ1n) is 10.2. The van der Waals surface area contributed by atoms with E-state index in [9.17, 15) is 9.59 Å². The van der Waals surface area contributed by atoms with Gasteiger partial charge in [-0.15, -0.1) is 0 Å². The molecule has 0 radical (unpaired) electrons. The second-order valence-corrected chi connectivity index (χ2v) is 9.34. The van der Waals surface area contributed by atoms with Gasteiger partial charge in [-0.05, 0) is 80.2 Å². The van der Waals surface area contributed by atoms with Crippen LogP contribution in [0.4, 0.5) is 0 Å². The highest BCUT2D eigenvalue weighted by atomic mass is 16.2. The molecule has 2 aromatic rings. The molecule has 1 heterocycles. The number of hydrogen-bond donors (Lipinski definition) is 1. The lowest BCUT2D eigenvalue weighted by Crippen LogP contribution is -2.51. The third-order valence-electron chi connectivity index (χ3n) is 7.19. The maximum Gasteiger partial charge on any atom is 0.261 e. The lowest BCUT2D eigenvalue weighted by atomic mass is 9.49. The van der Waals surface area contributed by atoms with Gasteiger partial charge < -0.3 is 5.32 Å². The standard InChI is InChI=1S/C22H27N3O2/c1-14-3-2-4-18-20(14)24-13-25(21(18)27)11-19(26)23-12-22-8-15-5-16(9-22)7-17(6-15)10-22/h2-4,13,15-17H,5-12H2,1H3,(H,23,26). The summed E-state index contributed by atoms with van der Waals surface area (Å²) in [5.74, 6) is 2.55. The molecule has 0 unspecified atom stereocenters. The summed E-state index contributed by atoms with van der Waals surface area (Å²) in [6.45, 7) is 2.75. The summed E-state index contributed by atoms with van der Waals surface area (Å²) in [7, 11) is 0. The summed E-state index contributed by atoms with van der Waals surface area (Å²) in [5.41, 5.74) is 1.86. The fourth-order valence-corrected chi connectivity index (χ4v) is 6.45. The number of carbonyl (C=O) groups is 1. The lowest BCUT2D eigenvalue weighted by Gasteiger charge is -2.56. The van der Waals surface area contributed by atoms with Gasteiger partial charge in [-0.1, -0.05) is 12.1 Å². The first-order chi connectivity index (χ1) is 13.0. The number of carbonyl (C=O) groups excluding carboxylic acids is 1. The highest BCUT2D eigenvalue weighted by Gasteiger charge is 2.50. The van der Waals surface area contributed by atoms with Gasteiger partial charge in [0.1, 0.15) is 6.54 Å². The molecule has 5 nitrogen and oxygen atoms in total. The number of fused-ring (bicyclic) bond motifs is 1. The lowest BCUT2D eigenvalue weighted by molar-refractivity contribution is -0.123. The Morgan fingerprint density at radius 1 is 1.19 bits per heavy atom. The molecule has 0 atom stereocenters. The highest BCUT2D eigenvalue weighted by molar-refractivity contribution is 5.81. The summed E-state index contributed by atoms with van der Waals surface area (Å²) in [6, 6.07) is 5.58. The molecular weight excluding hydrogens is 338 g/mol. The van der Waals surface area contributed by atoms with Crippen molar-refractivity contribution in [2.24, 2.45) is 23.2 Å². The third-order valence-corrected chi connectivity index (χ3v) is 7.19. The predicted molar refractivity (Wildman–Crippen MR) is 104 cm³/mol. The number of para-hydroxylation sites is 1. The van der Waals surface area contributed by atoms with Crippen molar-refractivity contribution in [1.82, 2.24) is 14.9 Å². The smallest absolute Gasteiger partial charge is 0.261 e. The molecule has 4 fully saturated rings. The van der Waals surface area contributed by atoms with Gasteiger partial charge >= 0.3 is 0 Å². The van der Waals surface area contributed by atoms with Gasteiger partial charge in [-0.2, -0.15) is 0 Å². The van der Waals surface area contributed by atoms with Gasteiger partial charge in [0.15, 0.2) is 0 Å². The number of benzene rings is 1. The van der Waals surface area contributed by atoms with Crippen LogP contribution in [0.1, 0.15) is 44.1 Å². The van der Waals surface area contributed by atoms with Crippen LogP contribution in [0.3, 0.4) is 0 Å². The summed E-state index contributed by atoms with van der Waals surface area (Å²) in [5, 5.41) is 3.72. The second kappa shape index (κ2) is 6.18. The average Bonchev–Trinajstić information content (AvgIpc) is 2.62. The Hall–Kier alpha value is -2.17. The van der Waals surface area contributed by atoms with Gasteiger partial charge in [-0.25, -0.2) is 4.98 Å². The van der Waals surface area contributed by atoms with Crippen LogP contribution in [0.5, 0.6) is 0 Å². The molecule has 142 valence electrons. The topological polar surface area (TPSA) is 64.0 Å². The molecule has 4 aliphatic rings. The van der Waals surface area contributed by atoms with Crippen molar-refractivity contribution in [1.29, 1.82) is 0 Å². The van der Waals surface area contributed by atoms with Crippen molar-refractivity contribution in [3.8, 4) is 0 Å². The van der Waals surface area contributed by atoms with Crippen LogP contribution in [-0.2, 0) is 11.3 Å². The SMILES string of the molecule is Cc1cccc2c(=O)n(CC(=O)NCC34CC5CC(CC(C5)C3)C4)cnc12. The van der Waals surface area contributed by atoms with Gasteiger partial charge in [0.2, 0.25) is 5.91 Å². The van der Waals surface area contributed by atoms with Gasteiger partial charge in [-0.3, -0.25) is 14.2 Å². The molecule has 4 aliphatic carbocycles. The maximum absolute atomic E-state index is 12.7. The van der Waals surface area contributed by atoms with Crippen LogP contribution in [0.25, 0.3) is 10.9 Å². The van der Waals surface area contributed by atoms with Crippen molar-refractivity contribution in [3.05, 3.63) is 40.4 Å². The largest absolute Gasteiger partial charge is 0.354 e. The minimum Gasteiger partial charge on any atom is -0.354 e. The molecular formula is C22H27N3O2. The van der Waals surface area contributed by atoms with Crippen LogP contribution >= 0.6 is 0 Å². The van der Waals surface area contributed by atoms with E-state index in [4.69, 9.17) is 0 Å². The zero-order valence-corrected chi connectivity index (χ0v) is 15.9. The fraction of sp³-hybridized carbons (Fsp3) is 0.591. The van der Waals surface area contributed by atoms with E-state index < -0.39 is 0 Å². The number of amides is 1. The molecule has 1 aromatic heterocycles. The first-order valence-corrected chi connectivity index (χ1v) is 10.2. The van der Waals surface area contributed by atoms with E-state index in [2.05, 4.69) is 10.3 Å². The Balaban J connectivity index is 1.28. The van der Waals surface area contributed by atoms with Crippen molar-refractivity contribution >= 4 is 16.8 Å². The number of rotatable bonds is 4. The number of nitrogens with zero attached hydrogens (tertiary/aromatic N) is 2. The molecule has 6 rings (SSSR count). The van der Waals surface area contributed by atoms with Crippen LogP contribution < -0.4 is 10.9 Å². The van der Waals surface area contributed by atoms with Crippen LogP contribution in [0, 0.1) is 30.1 Å². The Kier molecular flexibility index (Phi) is 3.88. The van der Waals surface area contributed by atoms with Gasteiger partial charge in [0, 0.05) is 6.54 Å². The molecule has 5 heteroatoms. The number of hydrogen-bond acceptors (Lipinski definition) is 3. The van der Waals surface area contributed by atoms with E-state index in [-0.39, 0.29) is 18.0 Å². The van der Waals surface area contributed by atoms with E-state index in [1.165, 1.54) is 49.4 Å². The highest BCUT2D eigenvalue weighted by Crippen LogP contribution is 2.59. The Labute approximate surface area is 159 Å². The molecule has 1 amide bonds. The summed E-state index contributed by atoms with van der Waals surface area (Å²) >= 11 is 0. The van der Waals surface area contributed by atoms with E-state index in [1.54, 1.807) is 6.07 Å². The minimum absolute atomic E-state index is 0.0437. The zero-order valence-electron chi connectivity index (χ0n) is 15.9. The zero-order chi connectivity index (χ0) is 18.6. The second-order valence-electron chi connectivity index (χ2n) is 9.34. The molecule has 4 bridgehead atoms. The van der Waals surface area contributed by atoms with Gasteiger partial charge in [0.05, 0.1) is 17.2 Å². The molecule has 0 saturated heterocycles. The number of aromatic nitrogens is 2. The van der Waals surface area contributed by atoms with Crippen LogP contribution in [-0.4, -0.2) is 22.0 Å². The molecule has 0 aliphatic heterocycles. The Bertz CT molecular complexity index is 926. The molecule has 4 saturated carbocycles. The predicted octanol–water partition coefficient (Wildman–Crippen LogP) is 3.04. The fourth-order valence-electron chi connectivity index (χ4n) is 6.45. The number of aryl methyl sites for hydroxylation is 1. The molecule has 27 heavy (non-hydrogen) atoms.